The minimum atomic E-state index is -3.70. The van der Waals surface area contributed by atoms with Crippen LogP contribution >= 0.6 is 0 Å². The van der Waals surface area contributed by atoms with Gasteiger partial charge < -0.3 is 5.32 Å². The van der Waals surface area contributed by atoms with E-state index < -0.39 is 10.0 Å². The van der Waals surface area contributed by atoms with E-state index in [1.165, 1.54) is 6.20 Å². The zero-order chi connectivity index (χ0) is 13.9. The minimum Gasteiger partial charge on any atom is -0.314 e. The van der Waals surface area contributed by atoms with Gasteiger partial charge in [0.25, 0.3) is 10.0 Å². The average Bonchev–Trinajstić information content (AvgIpc) is 2.72. The number of H-pyrrole nitrogens is 1. The molecule has 8 heteroatoms. The maximum Gasteiger partial charge on any atom is 0.266 e. The first kappa shape index (κ1) is 13.5. The van der Waals surface area contributed by atoms with Crippen LogP contribution in [0.5, 0.6) is 0 Å². The van der Waals surface area contributed by atoms with E-state index >= 15 is 0 Å². The van der Waals surface area contributed by atoms with Crippen LogP contribution in [0.15, 0.2) is 29.3 Å². The molecule has 0 aliphatic heterocycles. The summed E-state index contributed by atoms with van der Waals surface area (Å²) in [6.45, 7) is 2.03. The van der Waals surface area contributed by atoms with Gasteiger partial charge in [0.2, 0.25) is 0 Å². The Morgan fingerprint density at radius 1 is 1.37 bits per heavy atom. The quantitative estimate of drug-likeness (QED) is 0.746. The molecule has 0 aliphatic carbocycles. The second kappa shape index (κ2) is 5.37. The Bertz CT molecular complexity index is 651. The summed E-state index contributed by atoms with van der Waals surface area (Å²) in [7, 11) is -1.97. The number of aromatic amines is 1. The predicted molar refractivity (Wildman–Crippen MR) is 71.1 cm³/mol. The van der Waals surface area contributed by atoms with Crippen LogP contribution in [-0.4, -0.2) is 30.6 Å². The van der Waals surface area contributed by atoms with Gasteiger partial charge in [-0.25, -0.2) is 13.4 Å². The van der Waals surface area contributed by atoms with Crippen molar-refractivity contribution in [1.82, 2.24) is 20.5 Å². The smallest absolute Gasteiger partial charge is 0.266 e. The summed E-state index contributed by atoms with van der Waals surface area (Å²) in [5.74, 6) is 0.276. The standard InChI is InChI=1S/C11H15N5O2S/c1-8-11(9(7-12-2)15-14-8)19(17,18)16-10-5-3-4-6-13-10/h3-6,12H,7H2,1-2H3,(H,13,16)(H,14,15). The second-order valence-electron chi connectivity index (χ2n) is 3.98. The van der Waals surface area contributed by atoms with E-state index in [4.69, 9.17) is 0 Å². The van der Waals surface area contributed by atoms with E-state index in [2.05, 4.69) is 25.2 Å². The summed E-state index contributed by atoms with van der Waals surface area (Å²) < 4.78 is 27.1. The van der Waals surface area contributed by atoms with Gasteiger partial charge in [0, 0.05) is 12.7 Å². The van der Waals surface area contributed by atoms with Crippen molar-refractivity contribution in [3.63, 3.8) is 0 Å². The van der Waals surface area contributed by atoms with Crippen LogP contribution in [0.3, 0.4) is 0 Å². The molecule has 2 aromatic heterocycles. The van der Waals surface area contributed by atoms with Crippen LogP contribution in [-0.2, 0) is 16.6 Å². The van der Waals surface area contributed by atoms with Gasteiger partial charge in [0.1, 0.15) is 10.7 Å². The third-order valence-corrected chi connectivity index (χ3v) is 4.04. The topological polar surface area (TPSA) is 99.8 Å². The molecule has 0 unspecified atom stereocenters. The summed E-state index contributed by atoms with van der Waals surface area (Å²) in [5.41, 5.74) is 0.942. The zero-order valence-electron chi connectivity index (χ0n) is 10.6. The fourth-order valence-corrected chi connectivity index (χ4v) is 3.10. The molecule has 3 N–H and O–H groups in total. The molecule has 0 atom stereocenters. The molecule has 0 bridgehead atoms. The molecule has 0 saturated carbocycles. The van der Waals surface area contributed by atoms with Gasteiger partial charge in [-0.2, -0.15) is 5.10 Å². The van der Waals surface area contributed by atoms with E-state index in [0.717, 1.165) is 0 Å². The van der Waals surface area contributed by atoms with Gasteiger partial charge in [-0.1, -0.05) is 6.07 Å². The van der Waals surface area contributed by atoms with Gasteiger partial charge in [-0.3, -0.25) is 9.82 Å². The Kier molecular flexibility index (Phi) is 3.82. The summed E-state index contributed by atoms with van der Waals surface area (Å²) in [5, 5.41) is 9.55. The number of anilines is 1. The Labute approximate surface area is 111 Å². The molecule has 0 amide bonds. The summed E-state index contributed by atoms with van der Waals surface area (Å²) >= 11 is 0. The van der Waals surface area contributed by atoms with E-state index in [1.807, 2.05) is 0 Å². The molecule has 0 aliphatic rings. The molecule has 0 spiro atoms. The molecule has 0 aromatic carbocycles. The van der Waals surface area contributed by atoms with E-state index in [1.54, 1.807) is 32.2 Å². The minimum absolute atomic E-state index is 0.160. The summed E-state index contributed by atoms with van der Waals surface area (Å²) in [6, 6.07) is 5.01. The fraction of sp³-hybridized carbons (Fsp3) is 0.273. The number of pyridine rings is 1. The number of hydrogen-bond donors (Lipinski definition) is 3. The molecule has 2 rings (SSSR count). The lowest BCUT2D eigenvalue weighted by molar-refractivity contribution is 0.598. The number of rotatable bonds is 5. The van der Waals surface area contributed by atoms with Crippen LogP contribution in [0.25, 0.3) is 0 Å². The van der Waals surface area contributed by atoms with E-state index in [0.29, 0.717) is 17.9 Å². The van der Waals surface area contributed by atoms with Gasteiger partial charge in [-0.05, 0) is 26.1 Å². The monoisotopic (exact) mass is 281 g/mol. The number of hydrogen-bond acceptors (Lipinski definition) is 5. The van der Waals surface area contributed by atoms with E-state index in [-0.39, 0.29) is 10.7 Å². The third kappa shape index (κ3) is 2.91. The van der Waals surface area contributed by atoms with E-state index in [9.17, 15) is 8.42 Å². The number of nitrogens with one attached hydrogen (secondary N) is 3. The highest BCUT2D eigenvalue weighted by molar-refractivity contribution is 7.92. The largest absolute Gasteiger partial charge is 0.314 e. The van der Waals surface area contributed by atoms with Crippen molar-refractivity contribution in [2.24, 2.45) is 0 Å². The first-order valence-electron chi connectivity index (χ1n) is 5.67. The normalized spacial score (nSPS) is 11.5. The molecule has 0 fully saturated rings. The van der Waals surface area contributed by atoms with Crippen molar-refractivity contribution in [3.8, 4) is 0 Å². The Hall–Kier alpha value is -1.93. The van der Waals surface area contributed by atoms with Crippen molar-refractivity contribution < 1.29 is 8.42 Å². The lowest BCUT2D eigenvalue weighted by Gasteiger charge is -2.08. The van der Waals surface area contributed by atoms with Gasteiger partial charge in [0.15, 0.2) is 0 Å². The average molecular weight is 281 g/mol. The van der Waals surface area contributed by atoms with Crippen LogP contribution in [0.4, 0.5) is 5.82 Å². The van der Waals surface area contributed by atoms with Gasteiger partial charge in [0.05, 0.1) is 11.4 Å². The van der Waals surface area contributed by atoms with Crippen LogP contribution in [0.1, 0.15) is 11.4 Å². The molecular weight excluding hydrogens is 266 g/mol. The Morgan fingerprint density at radius 2 is 2.16 bits per heavy atom. The molecule has 7 nitrogen and oxygen atoms in total. The van der Waals surface area contributed by atoms with Crippen LogP contribution in [0, 0.1) is 6.92 Å². The molecule has 2 heterocycles. The van der Waals surface area contributed by atoms with Gasteiger partial charge >= 0.3 is 0 Å². The summed E-state index contributed by atoms with van der Waals surface area (Å²) in [6.07, 6.45) is 1.52. The molecule has 0 radical (unpaired) electrons. The molecule has 19 heavy (non-hydrogen) atoms. The van der Waals surface area contributed by atoms with Crippen molar-refractivity contribution in [3.05, 3.63) is 35.8 Å². The molecular formula is C11H15N5O2S. The van der Waals surface area contributed by atoms with Crippen molar-refractivity contribution >= 4 is 15.8 Å². The first-order chi connectivity index (χ1) is 9.04. The highest BCUT2D eigenvalue weighted by atomic mass is 32.2. The number of nitrogens with zero attached hydrogens (tertiary/aromatic N) is 2. The first-order valence-corrected chi connectivity index (χ1v) is 7.15. The van der Waals surface area contributed by atoms with Crippen LogP contribution < -0.4 is 10.0 Å². The SMILES string of the molecule is CNCc1n[nH]c(C)c1S(=O)(=O)Nc1ccccn1. The van der Waals surface area contributed by atoms with Crippen LogP contribution in [0.2, 0.25) is 0 Å². The van der Waals surface area contributed by atoms with Crippen molar-refractivity contribution in [2.45, 2.75) is 18.4 Å². The molecule has 102 valence electrons. The fourth-order valence-electron chi connectivity index (χ4n) is 1.73. The Balaban J connectivity index is 2.37. The lowest BCUT2D eigenvalue weighted by atomic mass is 10.4. The van der Waals surface area contributed by atoms with Gasteiger partial charge in [-0.15, -0.1) is 0 Å². The third-order valence-electron chi connectivity index (χ3n) is 2.48. The van der Waals surface area contributed by atoms with Crippen molar-refractivity contribution in [1.29, 1.82) is 0 Å². The highest BCUT2D eigenvalue weighted by Gasteiger charge is 2.24. The Morgan fingerprint density at radius 3 is 2.79 bits per heavy atom. The molecule has 0 saturated heterocycles. The zero-order valence-corrected chi connectivity index (χ0v) is 11.5. The van der Waals surface area contributed by atoms with Crippen molar-refractivity contribution in [2.75, 3.05) is 11.8 Å². The summed E-state index contributed by atoms with van der Waals surface area (Å²) in [4.78, 5) is 4.10. The second-order valence-corrected chi connectivity index (χ2v) is 5.59. The highest BCUT2D eigenvalue weighted by Crippen LogP contribution is 2.20. The number of aryl methyl sites for hydroxylation is 1. The maximum absolute atomic E-state index is 12.3. The number of aromatic nitrogens is 3. The predicted octanol–water partition coefficient (Wildman–Crippen LogP) is 0.633. The number of sulfonamides is 1. The molecule has 2 aromatic rings. The lowest BCUT2D eigenvalue weighted by Crippen LogP contribution is -2.18. The maximum atomic E-state index is 12.3.